The molecule has 0 unspecified atom stereocenters. The molecule has 0 bridgehead atoms. The summed E-state index contributed by atoms with van der Waals surface area (Å²) in [6.45, 7) is 0.602. The van der Waals surface area contributed by atoms with Gasteiger partial charge in [0.15, 0.2) is 11.6 Å². The first-order valence-electron chi connectivity index (χ1n) is 6.85. The van der Waals surface area contributed by atoms with Gasteiger partial charge < -0.3 is 10.5 Å². The highest BCUT2D eigenvalue weighted by Gasteiger charge is 2.19. The number of nitrogen functional groups attached to an aromatic ring is 1. The van der Waals surface area contributed by atoms with Crippen LogP contribution in [0.5, 0.6) is 5.75 Å². The lowest BCUT2D eigenvalue weighted by molar-refractivity contribution is 0.175. The highest BCUT2D eigenvalue weighted by atomic mass is 19.1. The fourth-order valence-electron chi connectivity index (χ4n) is 2.32. The van der Waals surface area contributed by atoms with Crippen LogP contribution in [0.15, 0.2) is 24.4 Å². The van der Waals surface area contributed by atoms with Crippen LogP contribution in [0.3, 0.4) is 0 Å². The van der Waals surface area contributed by atoms with Crippen molar-refractivity contribution in [3.05, 3.63) is 30.2 Å². The summed E-state index contributed by atoms with van der Waals surface area (Å²) < 4.78 is 21.2. The van der Waals surface area contributed by atoms with Gasteiger partial charge in [-0.25, -0.2) is 4.39 Å². The van der Waals surface area contributed by atoms with E-state index >= 15 is 0 Å². The number of nitrogens with zero attached hydrogens (tertiary/aromatic N) is 2. The number of anilines is 1. The molecular formula is C15H18FN3O. The number of aryl methyl sites for hydroxylation is 1. The molecule has 1 saturated carbocycles. The topological polar surface area (TPSA) is 53.1 Å². The molecular weight excluding hydrogens is 257 g/mol. The molecule has 0 amide bonds. The van der Waals surface area contributed by atoms with E-state index in [-0.39, 0.29) is 5.82 Å². The second kappa shape index (κ2) is 5.15. The first kappa shape index (κ1) is 13.0. The summed E-state index contributed by atoms with van der Waals surface area (Å²) in [6.07, 6.45) is 5.27. The van der Waals surface area contributed by atoms with Crippen LogP contribution in [-0.2, 0) is 7.05 Å². The lowest BCUT2D eigenvalue weighted by Crippen LogP contribution is -2.19. The third-order valence-corrected chi connectivity index (χ3v) is 3.93. The van der Waals surface area contributed by atoms with Gasteiger partial charge >= 0.3 is 0 Å². The van der Waals surface area contributed by atoms with Crippen LogP contribution in [0.4, 0.5) is 10.2 Å². The van der Waals surface area contributed by atoms with Crippen molar-refractivity contribution < 1.29 is 9.13 Å². The van der Waals surface area contributed by atoms with Crippen molar-refractivity contribution in [2.75, 3.05) is 12.3 Å². The van der Waals surface area contributed by atoms with Gasteiger partial charge in [-0.15, -0.1) is 0 Å². The molecule has 1 heterocycles. The highest BCUT2D eigenvalue weighted by molar-refractivity contribution is 5.73. The van der Waals surface area contributed by atoms with E-state index in [1.807, 2.05) is 6.07 Å². The van der Waals surface area contributed by atoms with Gasteiger partial charge in [-0.2, -0.15) is 5.10 Å². The first-order chi connectivity index (χ1) is 9.65. The van der Waals surface area contributed by atoms with E-state index in [4.69, 9.17) is 10.5 Å². The zero-order chi connectivity index (χ0) is 14.1. The standard InChI is InChI=1S/C15H18FN3O/c1-19-15(17)12(8-18-19)11-5-6-14(13(16)7-11)20-9-10-3-2-4-10/h5-8,10H,2-4,9,17H2,1H3. The maximum atomic E-state index is 14.1. The van der Waals surface area contributed by atoms with Crippen LogP contribution in [0.2, 0.25) is 0 Å². The van der Waals surface area contributed by atoms with Crippen molar-refractivity contribution in [3.63, 3.8) is 0 Å². The summed E-state index contributed by atoms with van der Waals surface area (Å²) in [4.78, 5) is 0. The maximum Gasteiger partial charge on any atom is 0.165 e. The second-order valence-corrected chi connectivity index (χ2v) is 5.32. The smallest absolute Gasteiger partial charge is 0.165 e. The Bertz CT molecular complexity index is 620. The van der Waals surface area contributed by atoms with Crippen LogP contribution >= 0.6 is 0 Å². The van der Waals surface area contributed by atoms with E-state index in [0.717, 1.165) is 5.56 Å². The molecule has 20 heavy (non-hydrogen) atoms. The predicted octanol–water partition coefficient (Wildman–Crippen LogP) is 2.99. The van der Waals surface area contributed by atoms with Gasteiger partial charge in [0.2, 0.25) is 0 Å². The van der Waals surface area contributed by atoms with Gasteiger partial charge in [0, 0.05) is 12.6 Å². The molecule has 0 aliphatic heterocycles. The number of rotatable bonds is 4. The molecule has 2 aromatic rings. The summed E-state index contributed by atoms with van der Waals surface area (Å²) in [5, 5.41) is 4.06. The summed E-state index contributed by atoms with van der Waals surface area (Å²) in [7, 11) is 1.76. The van der Waals surface area contributed by atoms with Crippen LogP contribution in [0, 0.1) is 11.7 Å². The van der Waals surface area contributed by atoms with Gasteiger partial charge in [0.25, 0.3) is 0 Å². The van der Waals surface area contributed by atoms with Crippen molar-refractivity contribution in [3.8, 4) is 16.9 Å². The Morgan fingerprint density at radius 3 is 2.80 bits per heavy atom. The number of ether oxygens (including phenoxy) is 1. The SMILES string of the molecule is Cn1ncc(-c2ccc(OCC3CCC3)c(F)c2)c1N. The molecule has 106 valence electrons. The third-order valence-electron chi connectivity index (χ3n) is 3.93. The van der Waals surface area contributed by atoms with Gasteiger partial charge in [-0.3, -0.25) is 4.68 Å². The van der Waals surface area contributed by atoms with E-state index < -0.39 is 0 Å². The minimum absolute atomic E-state index is 0.308. The zero-order valence-corrected chi connectivity index (χ0v) is 11.5. The van der Waals surface area contributed by atoms with E-state index in [2.05, 4.69) is 5.10 Å². The molecule has 0 atom stereocenters. The van der Waals surface area contributed by atoms with Crippen molar-refractivity contribution >= 4 is 5.82 Å². The largest absolute Gasteiger partial charge is 0.490 e. The Morgan fingerprint density at radius 1 is 1.45 bits per heavy atom. The average Bonchev–Trinajstić information content (AvgIpc) is 2.70. The molecule has 1 aromatic carbocycles. The third kappa shape index (κ3) is 2.35. The monoisotopic (exact) mass is 275 g/mol. The number of hydrogen-bond acceptors (Lipinski definition) is 3. The lowest BCUT2D eigenvalue weighted by Gasteiger charge is -2.25. The average molecular weight is 275 g/mol. The molecule has 1 fully saturated rings. The molecule has 1 aliphatic carbocycles. The minimum atomic E-state index is -0.356. The highest BCUT2D eigenvalue weighted by Crippen LogP contribution is 2.31. The Hall–Kier alpha value is -2.04. The maximum absolute atomic E-state index is 14.1. The van der Waals surface area contributed by atoms with Crippen LogP contribution in [-0.4, -0.2) is 16.4 Å². The molecule has 0 spiro atoms. The molecule has 0 saturated heterocycles. The Morgan fingerprint density at radius 2 is 2.25 bits per heavy atom. The molecule has 4 nitrogen and oxygen atoms in total. The predicted molar refractivity (Wildman–Crippen MR) is 75.9 cm³/mol. The minimum Gasteiger partial charge on any atom is -0.490 e. The van der Waals surface area contributed by atoms with E-state index in [0.29, 0.717) is 29.7 Å². The van der Waals surface area contributed by atoms with Gasteiger partial charge in [-0.05, 0) is 36.5 Å². The van der Waals surface area contributed by atoms with Crippen molar-refractivity contribution in [1.29, 1.82) is 0 Å². The van der Waals surface area contributed by atoms with Crippen LogP contribution < -0.4 is 10.5 Å². The number of halogens is 1. The van der Waals surface area contributed by atoms with Crippen molar-refractivity contribution in [2.45, 2.75) is 19.3 Å². The van der Waals surface area contributed by atoms with E-state index in [1.165, 1.54) is 25.3 Å². The molecule has 0 radical (unpaired) electrons. The zero-order valence-electron chi connectivity index (χ0n) is 11.5. The number of aromatic nitrogens is 2. The number of nitrogens with two attached hydrogens (primary N) is 1. The Kier molecular flexibility index (Phi) is 3.34. The molecule has 1 aliphatic rings. The number of benzene rings is 1. The van der Waals surface area contributed by atoms with Crippen LogP contribution in [0.1, 0.15) is 19.3 Å². The first-order valence-corrected chi connectivity index (χ1v) is 6.85. The summed E-state index contributed by atoms with van der Waals surface area (Å²) in [5.41, 5.74) is 7.34. The van der Waals surface area contributed by atoms with E-state index in [9.17, 15) is 4.39 Å². The number of hydrogen-bond donors (Lipinski definition) is 1. The molecule has 2 N–H and O–H groups in total. The summed E-state index contributed by atoms with van der Waals surface area (Å²) in [6, 6.07) is 4.92. The Labute approximate surface area is 117 Å². The fraction of sp³-hybridized carbons (Fsp3) is 0.400. The van der Waals surface area contributed by atoms with Crippen molar-refractivity contribution in [2.24, 2.45) is 13.0 Å². The Balaban J connectivity index is 1.77. The van der Waals surface area contributed by atoms with Gasteiger partial charge in [-0.1, -0.05) is 12.5 Å². The second-order valence-electron chi connectivity index (χ2n) is 5.32. The van der Waals surface area contributed by atoms with Crippen molar-refractivity contribution in [1.82, 2.24) is 9.78 Å². The van der Waals surface area contributed by atoms with Gasteiger partial charge in [0.1, 0.15) is 5.82 Å². The fourth-order valence-corrected chi connectivity index (χ4v) is 2.32. The quantitative estimate of drug-likeness (QED) is 0.933. The normalized spacial score (nSPS) is 15.1. The molecule has 1 aromatic heterocycles. The van der Waals surface area contributed by atoms with E-state index in [1.54, 1.807) is 24.0 Å². The summed E-state index contributed by atoms with van der Waals surface area (Å²) >= 11 is 0. The van der Waals surface area contributed by atoms with Gasteiger partial charge in [0.05, 0.1) is 12.8 Å². The summed E-state index contributed by atoms with van der Waals surface area (Å²) in [5.74, 6) is 1.06. The van der Waals surface area contributed by atoms with Crippen LogP contribution in [0.25, 0.3) is 11.1 Å². The lowest BCUT2D eigenvalue weighted by atomic mass is 9.86. The molecule has 5 heteroatoms. The molecule has 3 rings (SSSR count).